The summed E-state index contributed by atoms with van der Waals surface area (Å²) in [6.45, 7) is 7.10. The summed E-state index contributed by atoms with van der Waals surface area (Å²) in [5.41, 5.74) is 15.0. The molecule has 4 aromatic heterocycles. The van der Waals surface area contributed by atoms with Gasteiger partial charge >= 0.3 is 18.9 Å². The third-order valence-corrected chi connectivity index (χ3v) is 20.1. The van der Waals surface area contributed by atoms with E-state index in [9.17, 15) is 34.5 Å². The maximum atomic E-state index is 14.0. The number of ether oxygens (including phenoxy) is 2. The van der Waals surface area contributed by atoms with E-state index in [1.54, 1.807) is 37.2 Å². The summed E-state index contributed by atoms with van der Waals surface area (Å²) in [7, 11) is 0. The van der Waals surface area contributed by atoms with Crippen molar-refractivity contribution < 1.29 is 62.8 Å². The first kappa shape index (κ1) is 88.8. The first-order valence-electron chi connectivity index (χ1n) is 39.3. The first-order chi connectivity index (χ1) is 54.3. The van der Waals surface area contributed by atoms with Gasteiger partial charge in [0.15, 0.2) is 0 Å². The molecule has 7 N–H and O–H groups in total. The predicted molar refractivity (Wildman–Crippen MR) is 441 cm³/mol. The number of piperazine rings is 2. The van der Waals surface area contributed by atoms with Crippen LogP contribution in [0.2, 0.25) is 0 Å². The molecule has 2 fully saturated rings. The van der Waals surface area contributed by atoms with Crippen molar-refractivity contribution in [1.29, 1.82) is 0 Å². The predicted octanol–water partition coefficient (Wildman–Crippen LogP) is 6.71. The average Bonchev–Trinajstić information content (AvgIpc) is 0.834. The van der Waals surface area contributed by atoms with Crippen molar-refractivity contribution in [3.63, 3.8) is 0 Å². The number of hydrogen-bond acceptors (Lipinski definition) is 18. The van der Waals surface area contributed by atoms with E-state index < -0.39 is 30.3 Å². The van der Waals surface area contributed by atoms with Crippen LogP contribution in [0.5, 0.6) is 11.5 Å². The fourth-order valence-electron chi connectivity index (χ4n) is 14.2. The monoisotopic (exact) mass is 1520 g/mol. The molecule has 4 atom stereocenters. The molecule has 0 radical (unpaired) electrons. The minimum Gasteiger partial charge on any atom is -0.549 e. The van der Waals surface area contributed by atoms with Crippen molar-refractivity contribution in [3.05, 3.63) is 277 Å². The van der Waals surface area contributed by atoms with Gasteiger partial charge in [-0.1, -0.05) is 153 Å². The number of carbonyl (C=O) groups is 4. The first-order valence-corrected chi connectivity index (χ1v) is 39.3. The number of nitrogens with zero attached hydrogens (tertiary/aromatic N) is 8. The summed E-state index contributed by atoms with van der Waals surface area (Å²) >= 11 is 0. The zero-order chi connectivity index (χ0) is 77.5. The van der Waals surface area contributed by atoms with Crippen molar-refractivity contribution >= 4 is 45.5 Å². The standard InChI is InChI=1S/C45H54N6O4.C27H33N3O.C18H23N3O4.CH4.Li/c52-39(34-55-43-23-9-22-41-40(43)21-11-25-47-41)32-50-26-28-51(29-27-50)33-44(53)49-42(30-37-18-10-24-46-31-37)45(54)48-38(19-7-16-35-12-3-1-4-13-35)20-8-17-36-14-5-2-6-15-36;28-26(20-24-16-9-19-29-21-24)27(31)30-25(17-7-14-22-10-3-1-4-11-22)18-8-15-23-12-5-2-6-13-23;22-14(11-20-7-9-21(10-8-20)12-18(23)24)13-25-17-5-1-4-16-15(17)3-2-6-19-16;;/h1-6,9-15,18,21-25,31,38-39,42,52H,7-8,16-17,19-20,26-30,32-34H2,(H,48,54)(H,49,53);1-6,9-13,16,19,21,25-26H,7-8,14-15,17-18,20,28H2,(H,30,31);1-6,14,22H,7-13H2,(H,23,24);1H4;/q;;;;+1/p-1/t39-,42+;26-;14-;;/m101../s1. The summed E-state index contributed by atoms with van der Waals surface area (Å²) < 4.78 is 11.8. The molecule has 3 amide bonds. The number of carbonyl (C=O) groups excluding carboxylic acids is 4. The van der Waals surface area contributed by atoms with Gasteiger partial charge in [-0.3, -0.25) is 53.9 Å². The molecule has 0 unspecified atom stereocenters. The summed E-state index contributed by atoms with van der Waals surface area (Å²) in [6.07, 6.45) is 21.6. The molecule has 0 bridgehead atoms. The zero-order valence-corrected chi connectivity index (χ0v) is 64.8. The van der Waals surface area contributed by atoms with Crippen molar-refractivity contribution in [3.8, 4) is 11.5 Å². The summed E-state index contributed by atoms with van der Waals surface area (Å²) in [5, 5.41) is 43.1. The van der Waals surface area contributed by atoms with E-state index in [0.717, 1.165) is 136 Å². The minimum absolute atomic E-state index is 0. The molecule has 2 saturated heterocycles. The second-order valence-electron chi connectivity index (χ2n) is 28.9. The maximum absolute atomic E-state index is 14.0. The van der Waals surface area contributed by atoms with Gasteiger partial charge in [0.1, 0.15) is 43.0 Å². The number of aliphatic carboxylic acids is 1. The number of amides is 3. The van der Waals surface area contributed by atoms with Gasteiger partial charge in [0.2, 0.25) is 17.7 Å². The van der Waals surface area contributed by atoms with E-state index in [4.69, 9.17) is 15.2 Å². The largest absolute Gasteiger partial charge is 1.00 e. The molecule has 0 saturated carbocycles. The Morgan fingerprint density at radius 1 is 0.425 bits per heavy atom. The molecule has 113 heavy (non-hydrogen) atoms. The van der Waals surface area contributed by atoms with Gasteiger partial charge in [0.05, 0.1) is 29.6 Å². The molecule has 0 spiro atoms. The Kier molecular flexibility index (Phi) is 39.0. The van der Waals surface area contributed by atoms with Gasteiger partial charge in [-0.15, -0.1) is 0 Å². The molecule has 6 heterocycles. The van der Waals surface area contributed by atoms with Crippen molar-refractivity contribution in [2.24, 2.45) is 5.73 Å². The Morgan fingerprint density at radius 2 is 0.788 bits per heavy atom. The number of aromatic nitrogens is 4. The molecule has 6 aromatic carbocycles. The SMILES string of the molecule is C.N[C@@H](Cc1cccnc1)C(=O)NC(CCCc1ccccc1)CCCc1ccccc1.O=C(CN1CCN(C[C@@H](O)COc2cccc3ncccc23)CC1)N[C@@H](Cc1cccnc1)C(=O)NC(CCCc1ccccc1)CCCc1ccccc1.O=C([O-])CN1CCN(C[C@@H](O)COc2cccc3ncccc23)CC1.[Li+]. The van der Waals surface area contributed by atoms with Crippen LogP contribution in [0.15, 0.2) is 243 Å². The van der Waals surface area contributed by atoms with Crippen LogP contribution < -0.4 is 55.1 Å². The van der Waals surface area contributed by atoms with E-state index in [0.29, 0.717) is 63.6 Å². The molecule has 2 aliphatic heterocycles. The van der Waals surface area contributed by atoms with Crippen LogP contribution in [-0.4, -0.2) is 202 Å². The second kappa shape index (κ2) is 49.7. The summed E-state index contributed by atoms with van der Waals surface area (Å²) in [5.74, 6) is -0.0524. The molecule has 592 valence electrons. The van der Waals surface area contributed by atoms with Crippen LogP contribution in [0.3, 0.4) is 0 Å². The van der Waals surface area contributed by atoms with E-state index >= 15 is 0 Å². The van der Waals surface area contributed by atoms with Gasteiger partial charge in [0, 0.05) is 138 Å². The van der Waals surface area contributed by atoms with Gasteiger partial charge in [-0.2, -0.15) is 0 Å². The summed E-state index contributed by atoms with van der Waals surface area (Å²) in [6, 6.07) is 67.4. The van der Waals surface area contributed by atoms with Crippen LogP contribution in [0.4, 0.5) is 0 Å². The maximum Gasteiger partial charge on any atom is 1.00 e. The van der Waals surface area contributed by atoms with Gasteiger partial charge in [-0.25, -0.2) is 0 Å². The van der Waals surface area contributed by atoms with Crippen LogP contribution in [0.1, 0.15) is 92.2 Å². The van der Waals surface area contributed by atoms with Crippen LogP contribution in [0.25, 0.3) is 21.8 Å². The molecule has 22 heteroatoms. The van der Waals surface area contributed by atoms with Gasteiger partial charge in [0.25, 0.3) is 0 Å². The Balaban J connectivity index is 0.000000232. The molecule has 21 nitrogen and oxygen atoms in total. The van der Waals surface area contributed by atoms with Crippen molar-refractivity contribution in [1.82, 2.24) is 55.5 Å². The molecular weight excluding hydrogens is 1410 g/mol. The quantitative estimate of drug-likeness (QED) is 0.0218. The number of fused-ring (bicyclic) bond motifs is 2. The number of carboxylic acids is 1. The molecular formula is C91H113LiN12O9. The number of carboxylic acid groups (broad SMARTS) is 1. The van der Waals surface area contributed by atoms with Crippen molar-refractivity contribution in [2.45, 2.75) is 134 Å². The third kappa shape index (κ3) is 32.3. The van der Waals surface area contributed by atoms with Crippen molar-refractivity contribution in [2.75, 3.05) is 91.8 Å². The summed E-state index contributed by atoms with van der Waals surface area (Å²) in [4.78, 5) is 76.2. The number of pyridine rings is 4. The van der Waals surface area contributed by atoms with Crippen LogP contribution in [-0.2, 0) is 57.7 Å². The van der Waals surface area contributed by atoms with Crippen LogP contribution >= 0.6 is 0 Å². The number of β-amino-alcohol motifs (C(OH)–C–C–N with tert-alkyl or cyclic N) is 2. The number of aliphatic hydroxyl groups excluding tert-OH is 2. The van der Waals surface area contributed by atoms with E-state index in [2.05, 4.69) is 148 Å². The Hall–Kier alpha value is -9.76. The number of nitrogens with two attached hydrogens (primary N) is 1. The molecule has 10 aromatic rings. The molecule has 0 aliphatic carbocycles. The van der Waals surface area contributed by atoms with Crippen LogP contribution in [0, 0.1) is 0 Å². The van der Waals surface area contributed by atoms with Gasteiger partial charge < -0.3 is 51.3 Å². The number of hydrogen-bond donors (Lipinski definition) is 6. The number of aryl methyl sites for hydroxylation is 4. The fraction of sp³-hybridized carbons (Fsp3) is 0.385. The zero-order valence-electron chi connectivity index (χ0n) is 64.8. The Labute approximate surface area is 679 Å². The Morgan fingerprint density at radius 3 is 1.18 bits per heavy atom. The van der Waals surface area contributed by atoms with E-state index in [1.807, 2.05) is 114 Å². The number of nitrogens with one attached hydrogen (secondary N) is 3. The third-order valence-electron chi connectivity index (χ3n) is 20.1. The number of aliphatic hydroxyl groups is 2. The molecule has 2 aliphatic rings. The van der Waals surface area contributed by atoms with E-state index in [-0.39, 0.29) is 82.4 Å². The molecule has 12 rings (SSSR count). The normalized spacial score (nSPS) is 14.3. The number of rotatable bonds is 39. The van der Waals surface area contributed by atoms with Gasteiger partial charge in [-0.05, 0) is 178 Å². The van der Waals surface area contributed by atoms with E-state index in [1.165, 1.54) is 22.3 Å². The Bertz CT molecular complexity index is 4230. The topological polar surface area (TPSA) is 277 Å². The second-order valence-corrected chi connectivity index (χ2v) is 28.9. The fourth-order valence-corrected chi connectivity index (χ4v) is 14.2. The average molecular weight is 1530 g/mol. The minimum atomic E-state index is -1.05. The smallest absolute Gasteiger partial charge is 0.549 e. The number of benzene rings is 6.